The van der Waals surface area contributed by atoms with E-state index in [0.717, 1.165) is 5.56 Å². The van der Waals surface area contributed by atoms with Crippen LogP contribution in [0.15, 0.2) is 59.5 Å². The van der Waals surface area contributed by atoms with Gasteiger partial charge in [0.25, 0.3) is 5.91 Å². The van der Waals surface area contributed by atoms with Gasteiger partial charge < -0.3 is 5.32 Å². The van der Waals surface area contributed by atoms with Gasteiger partial charge >= 0.3 is 0 Å². The Hall–Kier alpha value is -2.18. The molecular weight excluding hydrogens is 300 g/mol. The van der Waals surface area contributed by atoms with Crippen molar-refractivity contribution in [1.29, 1.82) is 0 Å². The Morgan fingerprint density at radius 2 is 1.59 bits per heavy atom. The van der Waals surface area contributed by atoms with Crippen LogP contribution in [0.1, 0.15) is 28.9 Å². The lowest BCUT2D eigenvalue weighted by molar-refractivity contribution is 0.0963. The number of rotatable bonds is 5. The Balaban J connectivity index is 2.18. The third-order valence-electron chi connectivity index (χ3n) is 3.29. The van der Waals surface area contributed by atoms with Crippen molar-refractivity contribution in [2.24, 2.45) is 0 Å². The fourth-order valence-electron chi connectivity index (χ4n) is 2.04. The quantitative estimate of drug-likeness (QED) is 0.886. The SMILES string of the molecule is CNC(=O)c1ccc(S(=O)(=O)NC(C)c2ccccc2)cc1. The van der Waals surface area contributed by atoms with Gasteiger partial charge in [0.05, 0.1) is 4.90 Å². The van der Waals surface area contributed by atoms with Crippen molar-refractivity contribution in [3.05, 3.63) is 65.7 Å². The summed E-state index contributed by atoms with van der Waals surface area (Å²) in [5, 5.41) is 2.49. The molecule has 0 radical (unpaired) electrons. The Morgan fingerprint density at radius 3 is 2.14 bits per heavy atom. The van der Waals surface area contributed by atoms with Gasteiger partial charge in [0, 0.05) is 18.7 Å². The smallest absolute Gasteiger partial charge is 0.251 e. The lowest BCUT2D eigenvalue weighted by Crippen LogP contribution is -2.27. The maximum atomic E-state index is 12.4. The molecule has 1 atom stereocenters. The minimum atomic E-state index is -3.64. The van der Waals surface area contributed by atoms with Crippen molar-refractivity contribution < 1.29 is 13.2 Å². The van der Waals surface area contributed by atoms with Crippen LogP contribution in [0.4, 0.5) is 0 Å². The minimum Gasteiger partial charge on any atom is -0.355 e. The molecule has 0 saturated carbocycles. The van der Waals surface area contributed by atoms with Crippen LogP contribution < -0.4 is 10.0 Å². The Kier molecular flexibility index (Phi) is 4.95. The highest BCUT2D eigenvalue weighted by Crippen LogP contribution is 2.17. The van der Waals surface area contributed by atoms with E-state index in [9.17, 15) is 13.2 Å². The number of nitrogens with one attached hydrogen (secondary N) is 2. The number of carbonyl (C=O) groups excluding carboxylic acids is 1. The molecule has 1 amide bonds. The van der Waals surface area contributed by atoms with Crippen molar-refractivity contribution in [3.63, 3.8) is 0 Å². The summed E-state index contributed by atoms with van der Waals surface area (Å²) in [5.41, 5.74) is 1.30. The third kappa shape index (κ3) is 3.72. The van der Waals surface area contributed by atoms with Gasteiger partial charge in [-0.3, -0.25) is 4.79 Å². The van der Waals surface area contributed by atoms with E-state index in [1.54, 1.807) is 6.92 Å². The van der Waals surface area contributed by atoms with Crippen LogP contribution in [0, 0.1) is 0 Å². The van der Waals surface area contributed by atoms with E-state index in [1.165, 1.54) is 31.3 Å². The highest BCUT2D eigenvalue weighted by Gasteiger charge is 2.18. The molecule has 5 nitrogen and oxygen atoms in total. The van der Waals surface area contributed by atoms with E-state index >= 15 is 0 Å². The zero-order valence-corrected chi connectivity index (χ0v) is 13.2. The minimum absolute atomic E-state index is 0.128. The molecule has 0 spiro atoms. The largest absolute Gasteiger partial charge is 0.355 e. The molecule has 0 aromatic heterocycles. The molecule has 2 aromatic rings. The summed E-state index contributed by atoms with van der Waals surface area (Å²) in [6.45, 7) is 1.78. The van der Waals surface area contributed by atoms with Crippen LogP contribution in [-0.2, 0) is 10.0 Å². The molecule has 2 aromatic carbocycles. The molecule has 0 heterocycles. The summed E-state index contributed by atoms with van der Waals surface area (Å²) in [6, 6.07) is 14.8. The van der Waals surface area contributed by atoms with Gasteiger partial charge in [-0.25, -0.2) is 13.1 Å². The number of hydrogen-bond donors (Lipinski definition) is 2. The molecule has 0 aliphatic heterocycles. The van der Waals surface area contributed by atoms with Crippen molar-refractivity contribution in [2.45, 2.75) is 17.9 Å². The summed E-state index contributed by atoms with van der Waals surface area (Å²) >= 11 is 0. The first kappa shape index (κ1) is 16.2. The lowest BCUT2D eigenvalue weighted by Gasteiger charge is -2.14. The van der Waals surface area contributed by atoms with Crippen molar-refractivity contribution in [3.8, 4) is 0 Å². The maximum Gasteiger partial charge on any atom is 0.251 e. The van der Waals surface area contributed by atoms with Crippen LogP contribution >= 0.6 is 0 Å². The van der Waals surface area contributed by atoms with E-state index in [0.29, 0.717) is 5.56 Å². The third-order valence-corrected chi connectivity index (χ3v) is 4.84. The van der Waals surface area contributed by atoms with Crippen molar-refractivity contribution in [1.82, 2.24) is 10.0 Å². The molecule has 0 aliphatic rings. The number of carbonyl (C=O) groups is 1. The van der Waals surface area contributed by atoms with Crippen molar-refractivity contribution in [2.75, 3.05) is 7.05 Å². The number of hydrogen-bond acceptors (Lipinski definition) is 3. The predicted molar refractivity (Wildman–Crippen MR) is 85.0 cm³/mol. The topological polar surface area (TPSA) is 75.3 Å². The molecule has 22 heavy (non-hydrogen) atoms. The van der Waals surface area contributed by atoms with E-state index in [4.69, 9.17) is 0 Å². The fraction of sp³-hybridized carbons (Fsp3) is 0.188. The second kappa shape index (κ2) is 6.72. The molecule has 0 fully saturated rings. The van der Waals surface area contributed by atoms with E-state index in [1.807, 2.05) is 30.3 Å². The molecular formula is C16H18N2O3S. The van der Waals surface area contributed by atoms with E-state index < -0.39 is 10.0 Å². The highest BCUT2D eigenvalue weighted by molar-refractivity contribution is 7.89. The van der Waals surface area contributed by atoms with E-state index in [2.05, 4.69) is 10.0 Å². The Bertz CT molecular complexity index is 741. The average Bonchev–Trinajstić information content (AvgIpc) is 2.54. The van der Waals surface area contributed by atoms with Crippen LogP contribution in [0.2, 0.25) is 0 Å². The fourth-order valence-corrected chi connectivity index (χ4v) is 3.27. The van der Waals surface area contributed by atoms with Crippen LogP contribution in [0.3, 0.4) is 0 Å². The van der Waals surface area contributed by atoms with Crippen LogP contribution in [0.25, 0.3) is 0 Å². The first-order valence-corrected chi connectivity index (χ1v) is 8.32. The molecule has 1 unspecified atom stereocenters. The Morgan fingerprint density at radius 1 is 1.00 bits per heavy atom. The first-order chi connectivity index (χ1) is 10.4. The maximum absolute atomic E-state index is 12.4. The predicted octanol–water partition coefficient (Wildman–Crippen LogP) is 2.09. The van der Waals surface area contributed by atoms with Crippen LogP contribution in [0.5, 0.6) is 0 Å². The first-order valence-electron chi connectivity index (χ1n) is 6.83. The van der Waals surface area contributed by atoms with Gasteiger partial charge in [0.2, 0.25) is 10.0 Å². The molecule has 2 N–H and O–H groups in total. The summed E-state index contributed by atoms with van der Waals surface area (Å²) in [4.78, 5) is 11.6. The average molecular weight is 318 g/mol. The molecule has 116 valence electrons. The highest BCUT2D eigenvalue weighted by atomic mass is 32.2. The van der Waals surface area contributed by atoms with E-state index in [-0.39, 0.29) is 16.8 Å². The second-order valence-electron chi connectivity index (χ2n) is 4.86. The van der Waals surface area contributed by atoms with Gasteiger partial charge in [0.15, 0.2) is 0 Å². The van der Waals surface area contributed by atoms with Crippen molar-refractivity contribution >= 4 is 15.9 Å². The molecule has 2 rings (SSSR count). The molecule has 0 saturated heterocycles. The molecule has 0 aliphatic carbocycles. The lowest BCUT2D eigenvalue weighted by atomic mass is 10.1. The number of sulfonamides is 1. The molecule has 6 heteroatoms. The summed E-state index contributed by atoms with van der Waals surface area (Å²) in [7, 11) is -2.11. The van der Waals surface area contributed by atoms with Gasteiger partial charge in [-0.1, -0.05) is 30.3 Å². The number of amides is 1. The zero-order chi connectivity index (χ0) is 16.2. The summed E-state index contributed by atoms with van der Waals surface area (Å²) in [5.74, 6) is -0.255. The number of benzene rings is 2. The molecule has 0 bridgehead atoms. The monoisotopic (exact) mass is 318 g/mol. The van der Waals surface area contributed by atoms with Gasteiger partial charge in [-0.15, -0.1) is 0 Å². The summed E-state index contributed by atoms with van der Waals surface area (Å²) in [6.07, 6.45) is 0. The van der Waals surface area contributed by atoms with Crippen LogP contribution in [-0.4, -0.2) is 21.4 Å². The van der Waals surface area contributed by atoms with Gasteiger partial charge in [-0.2, -0.15) is 0 Å². The zero-order valence-electron chi connectivity index (χ0n) is 12.4. The second-order valence-corrected chi connectivity index (χ2v) is 6.57. The normalized spacial score (nSPS) is 12.6. The van der Waals surface area contributed by atoms with Gasteiger partial charge in [0.1, 0.15) is 0 Å². The van der Waals surface area contributed by atoms with Gasteiger partial charge in [-0.05, 0) is 36.8 Å². The summed E-state index contributed by atoms with van der Waals surface area (Å²) < 4.78 is 27.3. The Labute approximate surface area is 130 Å². The standard InChI is InChI=1S/C16H18N2O3S/c1-12(13-6-4-3-5-7-13)18-22(20,21)15-10-8-14(9-11-15)16(19)17-2/h3-12,18H,1-2H3,(H,17,19).